The van der Waals surface area contributed by atoms with E-state index in [2.05, 4.69) is 5.32 Å². The zero-order valence-electron chi connectivity index (χ0n) is 8.58. The van der Waals surface area contributed by atoms with E-state index in [0.29, 0.717) is 16.4 Å². The van der Waals surface area contributed by atoms with E-state index in [1.54, 1.807) is 32.0 Å². The lowest BCUT2D eigenvalue weighted by atomic mass is 10.3. The lowest BCUT2D eigenvalue weighted by molar-refractivity contribution is 0.130. The molecule has 0 unspecified atom stereocenters. The Morgan fingerprint density at radius 2 is 2.20 bits per heavy atom. The van der Waals surface area contributed by atoms with Crippen LogP contribution in [0.15, 0.2) is 18.2 Å². The van der Waals surface area contributed by atoms with Crippen molar-refractivity contribution in [1.29, 1.82) is 0 Å². The van der Waals surface area contributed by atoms with Gasteiger partial charge in [-0.2, -0.15) is 0 Å². The van der Waals surface area contributed by atoms with E-state index in [4.69, 9.17) is 22.1 Å². The number of anilines is 2. The van der Waals surface area contributed by atoms with E-state index < -0.39 is 6.09 Å². The molecule has 0 fully saturated rings. The van der Waals surface area contributed by atoms with Crippen LogP contribution < -0.4 is 11.1 Å². The van der Waals surface area contributed by atoms with Crippen molar-refractivity contribution >= 4 is 29.1 Å². The molecule has 0 aromatic heterocycles. The highest BCUT2D eigenvalue weighted by molar-refractivity contribution is 6.33. The summed E-state index contributed by atoms with van der Waals surface area (Å²) >= 11 is 5.73. The average Bonchev–Trinajstić information content (AvgIpc) is 2.10. The Morgan fingerprint density at radius 3 is 2.73 bits per heavy atom. The fraction of sp³-hybridized carbons (Fsp3) is 0.300. The topological polar surface area (TPSA) is 64.3 Å². The molecule has 0 bridgehead atoms. The van der Waals surface area contributed by atoms with Gasteiger partial charge in [0.1, 0.15) is 0 Å². The van der Waals surface area contributed by atoms with Crippen molar-refractivity contribution in [3.63, 3.8) is 0 Å². The van der Waals surface area contributed by atoms with Crippen molar-refractivity contribution in [3.8, 4) is 0 Å². The van der Waals surface area contributed by atoms with Gasteiger partial charge in [-0.3, -0.25) is 5.32 Å². The van der Waals surface area contributed by atoms with Gasteiger partial charge in [0.2, 0.25) is 0 Å². The first kappa shape index (κ1) is 11.7. The molecule has 0 heterocycles. The molecule has 1 aromatic rings. The van der Waals surface area contributed by atoms with E-state index in [1.807, 2.05) is 0 Å². The van der Waals surface area contributed by atoms with Crippen molar-refractivity contribution in [2.75, 3.05) is 11.1 Å². The summed E-state index contributed by atoms with van der Waals surface area (Å²) in [7, 11) is 0. The summed E-state index contributed by atoms with van der Waals surface area (Å²) in [5.41, 5.74) is 6.55. The van der Waals surface area contributed by atoms with Crippen LogP contribution in [0.3, 0.4) is 0 Å². The number of halogens is 1. The van der Waals surface area contributed by atoms with Crippen molar-refractivity contribution in [2.24, 2.45) is 0 Å². The third-order valence-corrected chi connectivity index (χ3v) is 1.93. The van der Waals surface area contributed by atoms with Crippen LogP contribution in [-0.4, -0.2) is 12.2 Å². The first-order valence-corrected chi connectivity index (χ1v) is 4.89. The minimum absolute atomic E-state index is 0.158. The molecule has 3 N–H and O–H groups in total. The number of carbonyl (C=O) groups is 1. The monoisotopic (exact) mass is 228 g/mol. The molecule has 0 spiro atoms. The van der Waals surface area contributed by atoms with Gasteiger partial charge in [0, 0.05) is 5.69 Å². The van der Waals surface area contributed by atoms with Gasteiger partial charge in [-0.1, -0.05) is 11.6 Å². The summed E-state index contributed by atoms with van der Waals surface area (Å²) in [5.74, 6) is 0. The van der Waals surface area contributed by atoms with Crippen molar-refractivity contribution in [3.05, 3.63) is 23.2 Å². The second kappa shape index (κ2) is 4.89. The number of amides is 1. The Labute approximate surface area is 93.4 Å². The summed E-state index contributed by atoms with van der Waals surface area (Å²) in [6, 6.07) is 4.84. The molecule has 0 saturated carbocycles. The number of benzene rings is 1. The Hall–Kier alpha value is -1.42. The predicted molar refractivity (Wildman–Crippen MR) is 61.1 cm³/mol. The van der Waals surface area contributed by atoms with Crippen LogP contribution >= 0.6 is 11.6 Å². The molecule has 4 nitrogen and oxygen atoms in total. The largest absolute Gasteiger partial charge is 0.447 e. The molecule has 0 saturated heterocycles. The molecule has 82 valence electrons. The molecular weight excluding hydrogens is 216 g/mol. The molecule has 0 aliphatic heterocycles. The van der Waals surface area contributed by atoms with Gasteiger partial charge in [0.05, 0.1) is 16.8 Å². The van der Waals surface area contributed by atoms with E-state index in [9.17, 15) is 4.79 Å². The molecule has 1 amide bonds. The molecule has 0 aliphatic carbocycles. The van der Waals surface area contributed by atoms with Crippen LogP contribution in [0.1, 0.15) is 13.8 Å². The van der Waals surface area contributed by atoms with Crippen LogP contribution in [0.5, 0.6) is 0 Å². The standard InChI is InChI=1S/C10H13ClN2O2/c1-6(2)15-10(14)13-7-3-4-8(11)9(12)5-7/h3-6H,12H2,1-2H3,(H,13,14). The minimum atomic E-state index is -0.508. The molecule has 5 heteroatoms. The number of carbonyl (C=O) groups excluding carboxylic acids is 1. The Kier molecular flexibility index (Phi) is 3.80. The highest BCUT2D eigenvalue weighted by atomic mass is 35.5. The van der Waals surface area contributed by atoms with Crippen LogP contribution in [0, 0.1) is 0 Å². The van der Waals surface area contributed by atoms with Crippen molar-refractivity contribution in [2.45, 2.75) is 20.0 Å². The fourth-order valence-corrected chi connectivity index (χ4v) is 1.10. The van der Waals surface area contributed by atoms with Crippen molar-refractivity contribution < 1.29 is 9.53 Å². The molecule has 1 rings (SSSR count). The van der Waals surface area contributed by atoms with Gasteiger partial charge in [-0.05, 0) is 32.0 Å². The maximum absolute atomic E-state index is 11.2. The third-order valence-electron chi connectivity index (χ3n) is 1.59. The summed E-state index contributed by atoms with van der Waals surface area (Å²) in [6.07, 6.45) is -0.665. The summed E-state index contributed by atoms with van der Waals surface area (Å²) in [5, 5.41) is 3.00. The lowest BCUT2D eigenvalue weighted by Gasteiger charge is -2.10. The van der Waals surface area contributed by atoms with Gasteiger partial charge >= 0.3 is 6.09 Å². The van der Waals surface area contributed by atoms with Crippen LogP contribution in [0.25, 0.3) is 0 Å². The van der Waals surface area contributed by atoms with Crippen LogP contribution in [-0.2, 0) is 4.74 Å². The quantitative estimate of drug-likeness (QED) is 0.765. The highest BCUT2D eigenvalue weighted by Gasteiger charge is 2.06. The van der Waals surface area contributed by atoms with Crippen LogP contribution in [0.2, 0.25) is 5.02 Å². The second-order valence-electron chi connectivity index (χ2n) is 3.32. The van der Waals surface area contributed by atoms with Gasteiger partial charge < -0.3 is 10.5 Å². The number of hydrogen-bond acceptors (Lipinski definition) is 3. The highest BCUT2D eigenvalue weighted by Crippen LogP contribution is 2.22. The summed E-state index contributed by atoms with van der Waals surface area (Å²) < 4.78 is 4.90. The molecular formula is C10H13ClN2O2. The van der Waals surface area contributed by atoms with Gasteiger partial charge in [0.25, 0.3) is 0 Å². The van der Waals surface area contributed by atoms with Gasteiger partial charge in [-0.15, -0.1) is 0 Å². The number of ether oxygens (including phenoxy) is 1. The molecule has 15 heavy (non-hydrogen) atoms. The fourth-order valence-electron chi connectivity index (χ4n) is 0.983. The summed E-state index contributed by atoms with van der Waals surface area (Å²) in [6.45, 7) is 3.55. The Bertz CT molecular complexity index is 366. The number of nitrogens with two attached hydrogens (primary N) is 1. The third kappa shape index (κ3) is 3.67. The predicted octanol–water partition coefficient (Wildman–Crippen LogP) is 2.88. The van der Waals surface area contributed by atoms with Gasteiger partial charge in [0.15, 0.2) is 0 Å². The van der Waals surface area contributed by atoms with E-state index in [1.165, 1.54) is 0 Å². The average molecular weight is 229 g/mol. The van der Waals surface area contributed by atoms with E-state index in [-0.39, 0.29) is 6.10 Å². The Balaban J connectivity index is 2.65. The van der Waals surface area contributed by atoms with E-state index >= 15 is 0 Å². The zero-order valence-corrected chi connectivity index (χ0v) is 9.34. The molecule has 0 aliphatic rings. The van der Waals surface area contributed by atoms with Crippen molar-refractivity contribution in [1.82, 2.24) is 0 Å². The number of nitrogens with one attached hydrogen (secondary N) is 1. The van der Waals surface area contributed by atoms with Crippen LogP contribution in [0.4, 0.5) is 16.2 Å². The molecule has 0 atom stereocenters. The minimum Gasteiger partial charge on any atom is -0.447 e. The molecule has 0 radical (unpaired) electrons. The number of hydrogen-bond donors (Lipinski definition) is 2. The number of nitrogen functional groups attached to an aromatic ring is 1. The first-order chi connectivity index (χ1) is 6.99. The molecule has 1 aromatic carbocycles. The smallest absolute Gasteiger partial charge is 0.411 e. The summed E-state index contributed by atoms with van der Waals surface area (Å²) in [4.78, 5) is 11.2. The van der Waals surface area contributed by atoms with E-state index in [0.717, 1.165) is 0 Å². The first-order valence-electron chi connectivity index (χ1n) is 4.51. The normalized spacial score (nSPS) is 10.1. The lowest BCUT2D eigenvalue weighted by Crippen LogP contribution is -2.17. The SMILES string of the molecule is CC(C)OC(=O)Nc1ccc(Cl)c(N)c1. The second-order valence-corrected chi connectivity index (χ2v) is 3.72. The maximum atomic E-state index is 11.2. The zero-order chi connectivity index (χ0) is 11.4. The number of rotatable bonds is 2. The van der Waals surface area contributed by atoms with Gasteiger partial charge in [-0.25, -0.2) is 4.79 Å². The maximum Gasteiger partial charge on any atom is 0.411 e. The Morgan fingerprint density at radius 1 is 1.53 bits per heavy atom.